The summed E-state index contributed by atoms with van der Waals surface area (Å²) in [4.78, 5) is 17.7. The molecule has 0 aliphatic carbocycles. The minimum Gasteiger partial charge on any atom is -0.363 e. The van der Waals surface area contributed by atoms with E-state index in [-0.39, 0.29) is 0 Å². The summed E-state index contributed by atoms with van der Waals surface area (Å²) >= 11 is 1.61. The van der Waals surface area contributed by atoms with E-state index in [0.29, 0.717) is 6.54 Å². The molecule has 0 fully saturated rings. The van der Waals surface area contributed by atoms with Gasteiger partial charge in [-0.3, -0.25) is 9.97 Å². The van der Waals surface area contributed by atoms with E-state index in [1.54, 1.807) is 23.7 Å². The lowest BCUT2D eigenvalue weighted by Crippen LogP contribution is -2.02. The van der Waals surface area contributed by atoms with Gasteiger partial charge in [-0.05, 0) is 24.3 Å². The molecule has 4 aromatic rings. The van der Waals surface area contributed by atoms with Crippen molar-refractivity contribution in [1.82, 2.24) is 19.9 Å². The third-order valence-corrected chi connectivity index (χ3v) is 4.30. The molecule has 0 saturated heterocycles. The molecule has 0 amide bonds. The van der Waals surface area contributed by atoms with Gasteiger partial charge < -0.3 is 5.32 Å². The third-order valence-electron chi connectivity index (χ3n) is 3.36. The smallest absolute Gasteiger partial charge is 0.145 e. The van der Waals surface area contributed by atoms with E-state index in [9.17, 15) is 0 Å². The van der Waals surface area contributed by atoms with Crippen LogP contribution in [-0.2, 0) is 6.54 Å². The van der Waals surface area contributed by atoms with E-state index in [1.165, 1.54) is 0 Å². The fourth-order valence-corrected chi connectivity index (χ4v) is 3.04. The van der Waals surface area contributed by atoms with Crippen molar-refractivity contribution in [2.45, 2.75) is 6.54 Å². The van der Waals surface area contributed by atoms with Crippen molar-refractivity contribution in [3.05, 3.63) is 66.1 Å². The van der Waals surface area contributed by atoms with E-state index >= 15 is 0 Å². The first-order chi connectivity index (χ1) is 11.4. The van der Waals surface area contributed by atoms with Gasteiger partial charge in [0.15, 0.2) is 0 Å². The number of hydrogen-bond acceptors (Lipinski definition) is 6. The fraction of sp³-hybridized carbons (Fsp3) is 0.0588. The maximum Gasteiger partial charge on any atom is 0.145 e. The molecule has 112 valence electrons. The molecule has 0 atom stereocenters. The van der Waals surface area contributed by atoms with Gasteiger partial charge in [-0.15, -0.1) is 11.3 Å². The lowest BCUT2D eigenvalue weighted by molar-refractivity contribution is 1.05. The standard InChI is InChI=1S/C17H13N5S/c1-2-6-15-14(5-1)19-10-16(22-15)20-9-13-11-23-17(21-13)12-4-3-7-18-8-12/h1-8,10-11H,9H2,(H,20,22). The van der Waals surface area contributed by atoms with Crippen molar-refractivity contribution < 1.29 is 0 Å². The maximum atomic E-state index is 4.63. The molecule has 0 spiro atoms. The molecule has 3 heterocycles. The van der Waals surface area contributed by atoms with E-state index in [0.717, 1.165) is 33.1 Å². The second kappa shape index (κ2) is 6.10. The van der Waals surface area contributed by atoms with Gasteiger partial charge in [0.1, 0.15) is 10.8 Å². The Balaban J connectivity index is 1.49. The highest BCUT2D eigenvalue weighted by Gasteiger charge is 2.05. The SMILES string of the molecule is c1cncc(-c2nc(CNc3cnc4ccccc4n3)cs2)c1. The largest absolute Gasteiger partial charge is 0.363 e. The van der Waals surface area contributed by atoms with E-state index in [2.05, 4.69) is 25.3 Å². The van der Waals surface area contributed by atoms with Gasteiger partial charge in [0, 0.05) is 23.3 Å². The lowest BCUT2D eigenvalue weighted by atomic mass is 10.3. The molecule has 1 aromatic carbocycles. The number of nitrogens with one attached hydrogen (secondary N) is 1. The van der Waals surface area contributed by atoms with Crippen LogP contribution in [0.5, 0.6) is 0 Å². The van der Waals surface area contributed by atoms with Gasteiger partial charge in [-0.1, -0.05) is 12.1 Å². The number of pyridine rings is 1. The Bertz CT molecular complexity index is 936. The summed E-state index contributed by atoms with van der Waals surface area (Å²) in [6, 6.07) is 11.8. The maximum absolute atomic E-state index is 4.63. The number of hydrogen-bond donors (Lipinski definition) is 1. The summed E-state index contributed by atoms with van der Waals surface area (Å²) in [6.07, 6.45) is 5.33. The van der Waals surface area contributed by atoms with Crippen molar-refractivity contribution in [2.75, 3.05) is 5.32 Å². The molecule has 0 saturated carbocycles. The number of anilines is 1. The number of aromatic nitrogens is 4. The number of thiazole rings is 1. The Morgan fingerprint density at radius 2 is 1.87 bits per heavy atom. The molecule has 3 aromatic heterocycles. The van der Waals surface area contributed by atoms with Gasteiger partial charge in [-0.2, -0.15) is 0 Å². The van der Waals surface area contributed by atoms with Crippen LogP contribution in [0.3, 0.4) is 0 Å². The Labute approximate surface area is 137 Å². The topological polar surface area (TPSA) is 63.6 Å². The van der Waals surface area contributed by atoms with Gasteiger partial charge in [0.2, 0.25) is 0 Å². The highest BCUT2D eigenvalue weighted by Crippen LogP contribution is 2.23. The minimum absolute atomic E-state index is 0.615. The first-order valence-corrected chi connectivity index (χ1v) is 8.07. The number of nitrogens with zero attached hydrogens (tertiary/aromatic N) is 4. The first kappa shape index (κ1) is 13.8. The van der Waals surface area contributed by atoms with Crippen molar-refractivity contribution in [3.8, 4) is 10.6 Å². The second-order valence-corrected chi connectivity index (χ2v) is 5.84. The predicted molar refractivity (Wildman–Crippen MR) is 92.2 cm³/mol. The molecule has 0 aliphatic rings. The lowest BCUT2D eigenvalue weighted by Gasteiger charge is -2.04. The molecule has 5 nitrogen and oxygen atoms in total. The van der Waals surface area contributed by atoms with Gasteiger partial charge >= 0.3 is 0 Å². The van der Waals surface area contributed by atoms with Crippen LogP contribution in [0.4, 0.5) is 5.82 Å². The fourth-order valence-electron chi connectivity index (χ4n) is 2.23. The van der Waals surface area contributed by atoms with Crippen LogP contribution in [0.1, 0.15) is 5.69 Å². The van der Waals surface area contributed by atoms with Crippen molar-refractivity contribution >= 4 is 28.2 Å². The number of para-hydroxylation sites is 2. The van der Waals surface area contributed by atoms with Crippen LogP contribution in [0, 0.1) is 0 Å². The Hall–Kier alpha value is -2.86. The quantitative estimate of drug-likeness (QED) is 0.620. The number of benzene rings is 1. The molecule has 23 heavy (non-hydrogen) atoms. The van der Waals surface area contributed by atoms with Gasteiger partial charge in [0.05, 0.1) is 29.5 Å². The Kier molecular flexibility index (Phi) is 3.65. The van der Waals surface area contributed by atoms with Crippen LogP contribution in [0.25, 0.3) is 21.6 Å². The minimum atomic E-state index is 0.615. The first-order valence-electron chi connectivity index (χ1n) is 7.19. The normalized spacial score (nSPS) is 10.8. The van der Waals surface area contributed by atoms with Crippen LogP contribution in [0.15, 0.2) is 60.4 Å². The van der Waals surface area contributed by atoms with Crippen LogP contribution in [0.2, 0.25) is 0 Å². The zero-order chi connectivity index (χ0) is 15.5. The monoisotopic (exact) mass is 319 g/mol. The van der Waals surface area contributed by atoms with E-state index < -0.39 is 0 Å². The third kappa shape index (κ3) is 3.02. The molecule has 1 N–H and O–H groups in total. The Morgan fingerprint density at radius 1 is 0.957 bits per heavy atom. The molecule has 4 rings (SSSR count). The van der Waals surface area contributed by atoms with Gasteiger partial charge in [0.25, 0.3) is 0 Å². The molecule has 0 unspecified atom stereocenters. The van der Waals surface area contributed by atoms with Crippen LogP contribution >= 0.6 is 11.3 Å². The zero-order valence-corrected chi connectivity index (χ0v) is 13.0. The summed E-state index contributed by atoms with van der Waals surface area (Å²) in [5.41, 5.74) is 3.79. The molecule has 0 bridgehead atoms. The van der Waals surface area contributed by atoms with Crippen molar-refractivity contribution in [3.63, 3.8) is 0 Å². The van der Waals surface area contributed by atoms with E-state index in [1.807, 2.05) is 48.0 Å². The summed E-state index contributed by atoms with van der Waals surface area (Å²) in [5.74, 6) is 0.750. The molecular formula is C17H13N5S. The van der Waals surface area contributed by atoms with E-state index in [4.69, 9.17) is 0 Å². The number of fused-ring (bicyclic) bond motifs is 1. The number of rotatable bonds is 4. The van der Waals surface area contributed by atoms with Crippen LogP contribution in [-0.4, -0.2) is 19.9 Å². The molecular weight excluding hydrogens is 306 g/mol. The van der Waals surface area contributed by atoms with Crippen LogP contribution < -0.4 is 5.32 Å². The van der Waals surface area contributed by atoms with Crippen molar-refractivity contribution in [2.24, 2.45) is 0 Å². The summed E-state index contributed by atoms with van der Waals surface area (Å²) in [6.45, 7) is 0.615. The second-order valence-electron chi connectivity index (χ2n) is 4.98. The summed E-state index contributed by atoms with van der Waals surface area (Å²) in [7, 11) is 0. The summed E-state index contributed by atoms with van der Waals surface area (Å²) in [5, 5.41) is 6.29. The predicted octanol–water partition coefficient (Wildman–Crippen LogP) is 3.76. The average molecular weight is 319 g/mol. The van der Waals surface area contributed by atoms with Crippen molar-refractivity contribution in [1.29, 1.82) is 0 Å². The van der Waals surface area contributed by atoms with Gasteiger partial charge in [-0.25, -0.2) is 9.97 Å². The molecule has 0 aliphatic heterocycles. The molecule has 0 radical (unpaired) electrons. The highest BCUT2D eigenvalue weighted by atomic mass is 32.1. The molecule has 6 heteroatoms. The summed E-state index contributed by atoms with van der Waals surface area (Å²) < 4.78 is 0. The average Bonchev–Trinajstić information content (AvgIpc) is 3.10. The zero-order valence-electron chi connectivity index (χ0n) is 12.2. The highest BCUT2D eigenvalue weighted by molar-refractivity contribution is 7.13. The Morgan fingerprint density at radius 3 is 2.74 bits per heavy atom.